The number of amides is 1. The molecule has 2 heterocycles. The number of rotatable bonds is 4. The molecule has 0 aromatic rings. The Morgan fingerprint density at radius 3 is 2.42 bits per heavy atom. The van der Waals surface area contributed by atoms with Crippen molar-refractivity contribution in [3.8, 4) is 0 Å². The van der Waals surface area contributed by atoms with Crippen LogP contribution in [0.1, 0.15) is 0 Å². The minimum absolute atomic E-state index is 0.0134. The average Bonchev–Trinajstić information content (AvgIpc) is 3.04. The van der Waals surface area contributed by atoms with Crippen LogP contribution < -0.4 is 5.32 Å². The minimum Gasteiger partial charge on any atom is -0.481 e. The molecule has 19 heavy (non-hydrogen) atoms. The van der Waals surface area contributed by atoms with E-state index < -0.39 is 17.9 Å². The van der Waals surface area contributed by atoms with Gasteiger partial charge in [-0.25, -0.2) is 0 Å². The van der Waals surface area contributed by atoms with Gasteiger partial charge in [-0.05, 0) is 7.05 Å². The lowest BCUT2D eigenvalue weighted by Gasteiger charge is -2.30. The van der Waals surface area contributed by atoms with Crippen molar-refractivity contribution < 1.29 is 24.2 Å². The smallest absolute Gasteiger partial charge is 0.311 e. The van der Waals surface area contributed by atoms with Gasteiger partial charge in [-0.1, -0.05) is 0 Å². The Morgan fingerprint density at radius 2 is 1.79 bits per heavy atom. The topological polar surface area (TPSA) is 88.1 Å². The summed E-state index contributed by atoms with van der Waals surface area (Å²) >= 11 is 0. The first-order valence-electron chi connectivity index (χ1n) is 6.38. The van der Waals surface area contributed by atoms with E-state index in [1.165, 1.54) is 4.90 Å². The van der Waals surface area contributed by atoms with Crippen LogP contribution in [-0.2, 0) is 19.1 Å². The first-order valence-corrected chi connectivity index (χ1v) is 6.38. The Morgan fingerprint density at radius 1 is 1.16 bits per heavy atom. The highest BCUT2D eigenvalue weighted by Gasteiger charge is 2.42. The van der Waals surface area contributed by atoms with Crippen LogP contribution in [-0.4, -0.2) is 74.5 Å². The number of ether oxygens (including phenoxy) is 2. The zero-order valence-corrected chi connectivity index (χ0v) is 11.2. The fraction of sp³-hybridized carbons (Fsp3) is 0.833. The van der Waals surface area contributed by atoms with Gasteiger partial charge in [-0.3, -0.25) is 9.59 Å². The Balaban J connectivity index is 2.04. The molecule has 2 aliphatic rings. The molecule has 2 rings (SSSR count). The van der Waals surface area contributed by atoms with Crippen LogP contribution in [0, 0.1) is 11.8 Å². The van der Waals surface area contributed by atoms with E-state index in [9.17, 15) is 9.59 Å². The van der Waals surface area contributed by atoms with Gasteiger partial charge >= 0.3 is 5.97 Å². The van der Waals surface area contributed by atoms with Crippen molar-refractivity contribution >= 4 is 11.9 Å². The molecule has 0 bridgehead atoms. The van der Waals surface area contributed by atoms with E-state index in [1.54, 1.807) is 14.1 Å². The summed E-state index contributed by atoms with van der Waals surface area (Å²) in [7, 11) is 3.43. The maximum Gasteiger partial charge on any atom is 0.311 e. The molecule has 2 N–H and O–H groups in total. The van der Waals surface area contributed by atoms with Crippen molar-refractivity contribution in [2.24, 2.45) is 11.8 Å². The van der Waals surface area contributed by atoms with Gasteiger partial charge in [0.2, 0.25) is 5.91 Å². The number of nitrogens with zero attached hydrogens (tertiary/aromatic N) is 1. The van der Waals surface area contributed by atoms with Gasteiger partial charge < -0.3 is 24.8 Å². The molecule has 4 unspecified atom stereocenters. The second-order valence-electron chi connectivity index (χ2n) is 5.04. The van der Waals surface area contributed by atoms with E-state index >= 15 is 0 Å². The molecule has 0 radical (unpaired) electrons. The summed E-state index contributed by atoms with van der Waals surface area (Å²) in [5.74, 6) is -1.91. The monoisotopic (exact) mass is 272 g/mol. The van der Waals surface area contributed by atoms with Crippen LogP contribution in [0.5, 0.6) is 0 Å². The van der Waals surface area contributed by atoms with Gasteiger partial charge in [0, 0.05) is 13.1 Å². The third kappa shape index (κ3) is 2.72. The zero-order valence-electron chi connectivity index (χ0n) is 11.2. The van der Waals surface area contributed by atoms with Crippen molar-refractivity contribution in [2.45, 2.75) is 12.1 Å². The molecule has 7 heteroatoms. The SMILES string of the molecule is CNC1COCC1C(=O)N(C)C1COCC1C(=O)O. The van der Waals surface area contributed by atoms with Crippen molar-refractivity contribution in [2.75, 3.05) is 40.5 Å². The number of carbonyl (C=O) groups excluding carboxylic acids is 1. The number of aliphatic carboxylic acids is 1. The van der Waals surface area contributed by atoms with Gasteiger partial charge in [-0.15, -0.1) is 0 Å². The molecule has 108 valence electrons. The first kappa shape index (κ1) is 14.2. The van der Waals surface area contributed by atoms with Crippen molar-refractivity contribution in [3.05, 3.63) is 0 Å². The highest BCUT2D eigenvalue weighted by Crippen LogP contribution is 2.23. The third-order valence-electron chi connectivity index (χ3n) is 3.98. The Labute approximate surface area is 111 Å². The molecule has 0 aliphatic carbocycles. The normalized spacial score (nSPS) is 34.4. The van der Waals surface area contributed by atoms with Crippen molar-refractivity contribution in [3.63, 3.8) is 0 Å². The van der Waals surface area contributed by atoms with Crippen LogP contribution >= 0.6 is 0 Å². The molecule has 4 atom stereocenters. The number of likely N-dealkylation sites (N-methyl/N-ethyl adjacent to an activating group) is 2. The lowest BCUT2D eigenvalue weighted by Crippen LogP contribution is -2.50. The number of carboxylic acids is 1. The summed E-state index contributed by atoms with van der Waals surface area (Å²) in [6, 6.07) is -0.413. The molecule has 2 saturated heterocycles. The van der Waals surface area contributed by atoms with Gasteiger partial charge in [0.15, 0.2) is 0 Å². The molecule has 7 nitrogen and oxygen atoms in total. The zero-order chi connectivity index (χ0) is 14.0. The minimum atomic E-state index is -0.921. The first-order chi connectivity index (χ1) is 9.06. The Hall–Kier alpha value is -1.18. The lowest BCUT2D eigenvalue weighted by molar-refractivity contribution is -0.145. The number of hydrogen-bond donors (Lipinski definition) is 2. The maximum atomic E-state index is 12.4. The van der Waals surface area contributed by atoms with Gasteiger partial charge in [0.05, 0.1) is 38.4 Å². The van der Waals surface area contributed by atoms with E-state index in [-0.39, 0.29) is 31.1 Å². The van der Waals surface area contributed by atoms with Gasteiger partial charge in [-0.2, -0.15) is 0 Å². The molecule has 2 aliphatic heterocycles. The highest BCUT2D eigenvalue weighted by atomic mass is 16.5. The second kappa shape index (κ2) is 5.85. The van der Waals surface area contributed by atoms with Gasteiger partial charge in [0.1, 0.15) is 5.92 Å². The summed E-state index contributed by atoms with van der Waals surface area (Å²) in [5.41, 5.74) is 0. The average molecular weight is 272 g/mol. The maximum absolute atomic E-state index is 12.4. The number of hydrogen-bond acceptors (Lipinski definition) is 5. The summed E-state index contributed by atoms with van der Waals surface area (Å²) in [6.45, 7) is 1.31. The summed E-state index contributed by atoms with van der Waals surface area (Å²) in [5, 5.41) is 12.2. The fourth-order valence-electron chi connectivity index (χ4n) is 2.67. The number of carbonyl (C=O) groups is 2. The molecule has 0 spiro atoms. The number of nitrogens with one attached hydrogen (secondary N) is 1. The quantitative estimate of drug-likeness (QED) is 0.667. The molecule has 1 amide bonds. The van der Waals surface area contributed by atoms with E-state index in [4.69, 9.17) is 14.6 Å². The lowest BCUT2D eigenvalue weighted by atomic mass is 9.98. The van der Waals surface area contributed by atoms with E-state index in [0.29, 0.717) is 13.2 Å². The fourth-order valence-corrected chi connectivity index (χ4v) is 2.67. The number of carboxylic acid groups (broad SMARTS) is 1. The highest BCUT2D eigenvalue weighted by molar-refractivity contribution is 5.81. The van der Waals surface area contributed by atoms with E-state index in [1.807, 2.05) is 0 Å². The standard InChI is InChI=1S/C12H20N2O5/c1-13-9-5-18-3-7(9)11(15)14(2)10-6-19-4-8(10)12(16)17/h7-10,13H,3-6H2,1-2H3,(H,16,17). The summed E-state index contributed by atoms with van der Waals surface area (Å²) < 4.78 is 10.5. The van der Waals surface area contributed by atoms with Gasteiger partial charge in [0.25, 0.3) is 0 Å². The van der Waals surface area contributed by atoms with Crippen molar-refractivity contribution in [1.29, 1.82) is 0 Å². The predicted molar refractivity (Wildman–Crippen MR) is 65.7 cm³/mol. The second-order valence-corrected chi connectivity index (χ2v) is 5.04. The Kier molecular flexibility index (Phi) is 4.38. The van der Waals surface area contributed by atoms with Crippen LogP contribution in [0.15, 0.2) is 0 Å². The molecule has 0 aromatic carbocycles. The van der Waals surface area contributed by atoms with Crippen LogP contribution in [0.2, 0.25) is 0 Å². The molecule has 0 saturated carbocycles. The molecule has 2 fully saturated rings. The largest absolute Gasteiger partial charge is 0.481 e. The summed E-state index contributed by atoms with van der Waals surface area (Å²) in [6.07, 6.45) is 0. The van der Waals surface area contributed by atoms with Crippen molar-refractivity contribution in [1.82, 2.24) is 10.2 Å². The molecular weight excluding hydrogens is 252 g/mol. The van der Waals surface area contributed by atoms with Crippen LogP contribution in [0.4, 0.5) is 0 Å². The Bertz CT molecular complexity index is 362. The molecule has 0 aromatic heterocycles. The van der Waals surface area contributed by atoms with E-state index in [0.717, 1.165) is 0 Å². The van der Waals surface area contributed by atoms with Crippen LogP contribution in [0.25, 0.3) is 0 Å². The van der Waals surface area contributed by atoms with E-state index in [2.05, 4.69) is 5.32 Å². The third-order valence-corrected chi connectivity index (χ3v) is 3.98. The molecular formula is C12H20N2O5. The predicted octanol–water partition coefficient (Wildman–Crippen LogP) is -1.22. The summed E-state index contributed by atoms with van der Waals surface area (Å²) in [4.78, 5) is 25.1. The van der Waals surface area contributed by atoms with Crippen LogP contribution in [0.3, 0.4) is 0 Å².